The van der Waals surface area contributed by atoms with Gasteiger partial charge in [-0.25, -0.2) is 0 Å². The Morgan fingerprint density at radius 1 is 1.00 bits per heavy atom. The zero-order chi connectivity index (χ0) is 19.6. The van der Waals surface area contributed by atoms with Gasteiger partial charge in [0.1, 0.15) is 18.1 Å². The second kappa shape index (κ2) is 9.79. The van der Waals surface area contributed by atoms with Gasteiger partial charge in [-0.2, -0.15) is 10.4 Å². The molecule has 28 heavy (non-hydrogen) atoms. The molecule has 5 heteroatoms. The standard InChI is InChI=1S/C23H21N3O2/c1-27-23-5-3-2-4-21(23)16-26-25-15-19-10-12-22(13-11-19)28-17-20-8-6-18(14-24)7-9-20/h2-13,15,26H,16-17H2,1H3/b25-15-. The van der Waals surface area contributed by atoms with E-state index in [9.17, 15) is 0 Å². The summed E-state index contributed by atoms with van der Waals surface area (Å²) in [6.45, 7) is 1.05. The smallest absolute Gasteiger partial charge is 0.123 e. The molecule has 0 saturated heterocycles. The lowest BCUT2D eigenvalue weighted by Crippen LogP contribution is -2.06. The molecule has 0 fully saturated rings. The van der Waals surface area contributed by atoms with Gasteiger partial charge >= 0.3 is 0 Å². The molecule has 0 saturated carbocycles. The van der Waals surface area contributed by atoms with Crippen LogP contribution in [0.5, 0.6) is 11.5 Å². The van der Waals surface area contributed by atoms with Crippen LogP contribution in [-0.4, -0.2) is 13.3 Å². The molecule has 3 aromatic rings. The maximum Gasteiger partial charge on any atom is 0.123 e. The highest BCUT2D eigenvalue weighted by atomic mass is 16.5. The predicted molar refractivity (Wildman–Crippen MR) is 109 cm³/mol. The Bertz CT molecular complexity index is 958. The van der Waals surface area contributed by atoms with E-state index in [1.165, 1.54) is 0 Å². The lowest BCUT2D eigenvalue weighted by atomic mass is 10.1. The molecule has 0 atom stereocenters. The van der Waals surface area contributed by atoms with E-state index in [1.807, 2.05) is 60.7 Å². The fourth-order valence-electron chi connectivity index (χ4n) is 2.59. The van der Waals surface area contributed by atoms with Crippen LogP contribution in [0.25, 0.3) is 0 Å². The second-order valence-corrected chi connectivity index (χ2v) is 6.07. The van der Waals surface area contributed by atoms with Crippen molar-refractivity contribution in [2.75, 3.05) is 7.11 Å². The first kappa shape index (κ1) is 19.0. The SMILES string of the molecule is COc1ccccc1CN/N=C\c1ccc(OCc2ccc(C#N)cc2)cc1. The van der Waals surface area contributed by atoms with Crippen molar-refractivity contribution in [3.05, 3.63) is 95.1 Å². The van der Waals surface area contributed by atoms with Gasteiger partial charge in [0.05, 0.1) is 31.5 Å². The largest absolute Gasteiger partial charge is 0.496 e. The average Bonchev–Trinajstić information content (AvgIpc) is 2.76. The summed E-state index contributed by atoms with van der Waals surface area (Å²) < 4.78 is 11.1. The lowest BCUT2D eigenvalue weighted by molar-refractivity contribution is 0.306. The van der Waals surface area contributed by atoms with Gasteiger partial charge in [-0.15, -0.1) is 0 Å². The molecule has 3 aromatic carbocycles. The first-order chi connectivity index (χ1) is 13.8. The maximum atomic E-state index is 8.82. The van der Waals surface area contributed by atoms with Gasteiger partial charge in [0.15, 0.2) is 0 Å². The number of hydrazone groups is 1. The number of nitrogens with zero attached hydrogens (tertiary/aromatic N) is 2. The second-order valence-electron chi connectivity index (χ2n) is 6.07. The Labute approximate surface area is 164 Å². The minimum Gasteiger partial charge on any atom is -0.496 e. The number of ether oxygens (including phenoxy) is 2. The Morgan fingerprint density at radius 2 is 1.75 bits per heavy atom. The topological polar surface area (TPSA) is 66.6 Å². The van der Waals surface area contributed by atoms with Crippen molar-refractivity contribution in [1.82, 2.24) is 5.43 Å². The van der Waals surface area contributed by atoms with E-state index in [0.717, 1.165) is 28.2 Å². The summed E-state index contributed by atoms with van der Waals surface area (Å²) in [7, 11) is 1.66. The van der Waals surface area contributed by atoms with Crippen molar-refractivity contribution in [2.45, 2.75) is 13.2 Å². The van der Waals surface area contributed by atoms with Gasteiger partial charge in [-0.1, -0.05) is 30.3 Å². The van der Waals surface area contributed by atoms with Crippen LogP contribution in [0.4, 0.5) is 0 Å². The molecule has 0 aliphatic rings. The number of rotatable bonds is 8. The van der Waals surface area contributed by atoms with E-state index in [1.54, 1.807) is 25.5 Å². The third kappa shape index (κ3) is 5.36. The first-order valence-corrected chi connectivity index (χ1v) is 8.88. The summed E-state index contributed by atoms with van der Waals surface area (Å²) in [6.07, 6.45) is 1.76. The molecular weight excluding hydrogens is 350 g/mol. The van der Waals surface area contributed by atoms with Gasteiger partial charge in [0.2, 0.25) is 0 Å². The highest BCUT2D eigenvalue weighted by Gasteiger charge is 2.00. The van der Waals surface area contributed by atoms with E-state index in [2.05, 4.69) is 16.6 Å². The summed E-state index contributed by atoms with van der Waals surface area (Å²) in [6, 6.07) is 25.0. The molecular formula is C23H21N3O2. The molecule has 0 unspecified atom stereocenters. The normalized spacial score (nSPS) is 10.4. The van der Waals surface area contributed by atoms with Crippen molar-refractivity contribution in [2.24, 2.45) is 5.10 Å². The Morgan fingerprint density at radius 3 is 2.46 bits per heavy atom. The molecule has 0 spiro atoms. The van der Waals surface area contributed by atoms with Gasteiger partial charge in [0.25, 0.3) is 0 Å². The van der Waals surface area contributed by atoms with Crippen LogP contribution in [-0.2, 0) is 13.2 Å². The minimum absolute atomic E-state index is 0.458. The van der Waals surface area contributed by atoms with Gasteiger partial charge in [-0.3, -0.25) is 0 Å². The van der Waals surface area contributed by atoms with Crippen LogP contribution in [0.1, 0.15) is 22.3 Å². The van der Waals surface area contributed by atoms with Gasteiger partial charge in [0, 0.05) is 5.56 Å². The van der Waals surface area contributed by atoms with E-state index in [4.69, 9.17) is 14.7 Å². The summed E-state index contributed by atoms with van der Waals surface area (Å²) >= 11 is 0. The van der Waals surface area contributed by atoms with E-state index < -0.39 is 0 Å². The molecule has 3 rings (SSSR count). The molecule has 5 nitrogen and oxygen atoms in total. The molecule has 1 N–H and O–H groups in total. The van der Waals surface area contributed by atoms with Gasteiger partial charge in [-0.05, 0) is 53.6 Å². The number of nitrogens with one attached hydrogen (secondary N) is 1. The van der Waals surface area contributed by atoms with E-state index >= 15 is 0 Å². The zero-order valence-corrected chi connectivity index (χ0v) is 15.6. The van der Waals surface area contributed by atoms with E-state index in [0.29, 0.717) is 18.7 Å². The fourth-order valence-corrected chi connectivity index (χ4v) is 2.59. The number of methoxy groups -OCH3 is 1. The van der Waals surface area contributed by atoms with Crippen molar-refractivity contribution >= 4 is 6.21 Å². The molecule has 0 aliphatic heterocycles. The van der Waals surface area contributed by atoms with Gasteiger partial charge < -0.3 is 14.9 Å². The number of nitriles is 1. The maximum absolute atomic E-state index is 8.82. The highest BCUT2D eigenvalue weighted by molar-refractivity contribution is 5.79. The van der Waals surface area contributed by atoms with Crippen LogP contribution in [0.2, 0.25) is 0 Å². The van der Waals surface area contributed by atoms with Crippen molar-refractivity contribution in [1.29, 1.82) is 5.26 Å². The predicted octanol–water partition coefficient (Wildman–Crippen LogP) is 4.27. The summed E-state index contributed by atoms with van der Waals surface area (Å²) in [5.74, 6) is 1.62. The van der Waals surface area contributed by atoms with Crippen molar-refractivity contribution in [3.8, 4) is 17.6 Å². The minimum atomic E-state index is 0.458. The van der Waals surface area contributed by atoms with Crippen LogP contribution in [0.15, 0.2) is 77.9 Å². The average molecular weight is 371 g/mol. The molecule has 0 bridgehead atoms. The van der Waals surface area contributed by atoms with Crippen LogP contribution in [0, 0.1) is 11.3 Å². The zero-order valence-electron chi connectivity index (χ0n) is 15.6. The van der Waals surface area contributed by atoms with E-state index in [-0.39, 0.29) is 0 Å². The summed E-state index contributed by atoms with van der Waals surface area (Å²) in [5, 5.41) is 13.1. The monoisotopic (exact) mass is 371 g/mol. The molecule has 0 amide bonds. The molecule has 0 aliphatic carbocycles. The highest BCUT2D eigenvalue weighted by Crippen LogP contribution is 2.17. The first-order valence-electron chi connectivity index (χ1n) is 8.88. The summed E-state index contributed by atoms with van der Waals surface area (Å²) in [4.78, 5) is 0. The molecule has 0 heterocycles. The summed E-state index contributed by atoms with van der Waals surface area (Å²) in [5.41, 5.74) is 6.71. The third-order valence-corrected chi connectivity index (χ3v) is 4.14. The Hall–Kier alpha value is -3.78. The molecule has 140 valence electrons. The molecule has 0 aromatic heterocycles. The number of para-hydroxylation sites is 1. The number of benzene rings is 3. The molecule has 0 radical (unpaired) electrons. The Balaban J connectivity index is 1.48. The third-order valence-electron chi connectivity index (χ3n) is 4.14. The van der Waals surface area contributed by atoms with Crippen LogP contribution >= 0.6 is 0 Å². The van der Waals surface area contributed by atoms with Crippen molar-refractivity contribution in [3.63, 3.8) is 0 Å². The van der Waals surface area contributed by atoms with Crippen LogP contribution in [0.3, 0.4) is 0 Å². The quantitative estimate of drug-likeness (QED) is 0.474. The number of hydrogen-bond acceptors (Lipinski definition) is 5. The Kier molecular flexibility index (Phi) is 6.64. The van der Waals surface area contributed by atoms with Crippen molar-refractivity contribution < 1.29 is 9.47 Å². The fraction of sp³-hybridized carbons (Fsp3) is 0.130. The van der Waals surface area contributed by atoms with Crippen LogP contribution < -0.4 is 14.9 Å². The number of hydrogen-bond donors (Lipinski definition) is 1. The lowest BCUT2D eigenvalue weighted by Gasteiger charge is -2.07.